The number of likely N-dealkylation sites (N-methyl/N-ethyl adjacent to an activating group) is 1. The largest absolute Gasteiger partial charge is 0.482 e. The molecule has 2 aromatic rings. The number of amides is 1. The highest BCUT2D eigenvalue weighted by Gasteiger charge is 2.32. The van der Waals surface area contributed by atoms with Crippen LogP contribution in [-0.4, -0.2) is 35.5 Å². The van der Waals surface area contributed by atoms with Gasteiger partial charge in [-0.2, -0.15) is 0 Å². The zero-order chi connectivity index (χ0) is 19.3. The predicted molar refractivity (Wildman–Crippen MR) is 95.5 cm³/mol. The van der Waals surface area contributed by atoms with Gasteiger partial charge >= 0.3 is 5.97 Å². The highest BCUT2D eigenvalue weighted by molar-refractivity contribution is 5.87. The SMILES string of the molecule is CN(Cc1ccc(OCC(=O)O)cc1)C(=O)C(C)(C)c1ccc(F)cc1. The molecule has 0 aliphatic heterocycles. The van der Waals surface area contributed by atoms with E-state index < -0.39 is 18.0 Å². The van der Waals surface area contributed by atoms with Crippen LogP contribution < -0.4 is 4.74 Å². The van der Waals surface area contributed by atoms with E-state index in [2.05, 4.69) is 0 Å². The van der Waals surface area contributed by atoms with Crippen molar-refractivity contribution >= 4 is 11.9 Å². The molecular formula is C20H22FNO4. The molecule has 0 heterocycles. The molecule has 0 atom stereocenters. The summed E-state index contributed by atoms with van der Waals surface area (Å²) >= 11 is 0. The first-order chi connectivity index (χ1) is 12.2. The molecule has 5 nitrogen and oxygen atoms in total. The first-order valence-electron chi connectivity index (χ1n) is 8.15. The van der Waals surface area contributed by atoms with Crippen molar-refractivity contribution in [1.82, 2.24) is 4.90 Å². The maximum atomic E-state index is 13.1. The second-order valence-electron chi connectivity index (χ2n) is 6.62. The number of hydrogen-bond acceptors (Lipinski definition) is 3. The minimum atomic E-state index is -1.04. The number of carboxylic acids is 1. The van der Waals surface area contributed by atoms with Crippen LogP contribution in [0.25, 0.3) is 0 Å². The van der Waals surface area contributed by atoms with E-state index in [9.17, 15) is 14.0 Å². The van der Waals surface area contributed by atoms with Crippen molar-refractivity contribution in [2.75, 3.05) is 13.7 Å². The zero-order valence-electron chi connectivity index (χ0n) is 15.0. The van der Waals surface area contributed by atoms with E-state index in [4.69, 9.17) is 9.84 Å². The maximum Gasteiger partial charge on any atom is 0.341 e. The maximum absolute atomic E-state index is 13.1. The lowest BCUT2D eigenvalue weighted by molar-refractivity contribution is -0.139. The number of ether oxygens (including phenoxy) is 1. The molecule has 1 N–H and O–H groups in total. The number of nitrogens with zero attached hydrogens (tertiary/aromatic N) is 1. The van der Waals surface area contributed by atoms with Gasteiger partial charge in [-0.1, -0.05) is 24.3 Å². The summed E-state index contributed by atoms with van der Waals surface area (Å²) in [7, 11) is 1.71. The van der Waals surface area contributed by atoms with Gasteiger partial charge in [-0.05, 0) is 49.2 Å². The van der Waals surface area contributed by atoms with E-state index in [1.54, 1.807) is 48.3 Å². The van der Waals surface area contributed by atoms with Crippen LogP contribution in [0, 0.1) is 5.82 Å². The molecule has 6 heteroatoms. The Labute approximate surface area is 152 Å². The zero-order valence-corrected chi connectivity index (χ0v) is 15.0. The van der Waals surface area contributed by atoms with Gasteiger partial charge in [0.1, 0.15) is 11.6 Å². The summed E-state index contributed by atoms with van der Waals surface area (Å²) in [6.45, 7) is 3.61. The highest BCUT2D eigenvalue weighted by Crippen LogP contribution is 2.26. The fraction of sp³-hybridized carbons (Fsp3) is 0.300. The Morgan fingerprint density at radius 3 is 2.19 bits per heavy atom. The summed E-state index contributed by atoms with van der Waals surface area (Å²) in [5.74, 6) is -1.01. The number of halogens is 1. The minimum absolute atomic E-state index is 0.0877. The number of carbonyl (C=O) groups excluding carboxylic acids is 1. The van der Waals surface area contributed by atoms with Gasteiger partial charge in [0, 0.05) is 13.6 Å². The van der Waals surface area contributed by atoms with Crippen LogP contribution in [-0.2, 0) is 21.5 Å². The second kappa shape index (κ2) is 7.99. The molecule has 0 unspecified atom stereocenters. The number of aliphatic carboxylic acids is 1. The molecule has 2 rings (SSSR count). The fourth-order valence-electron chi connectivity index (χ4n) is 2.65. The van der Waals surface area contributed by atoms with Gasteiger partial charge in [0.05, 0.1) is 5.41 Å². The van der Waals surface area contributed by atoms with Gasteiger partial charge in [-0.3, -0.25) is 4.79 Å². The van der Waals surface area contributed by atoms with Gasteiger partial charge in [0.25, 0.3) is 0 Å². The van der Waals surface area contributed by atoms with Gasteiger partial charge < -0.3 is 14.7 Å². The molecule has 0 bridgehead atoms. The minimum Gasteiger partial charge on any atom is -0.482 e. The number of hydrogen-bond donors (Lipinski definition) is 1. The van der Waals surface area contributed by atoms with Crippen LogP contribution in [0.5, 0.6) is 5.75 Å². The Morgan fingerprint density at radius 2 is 1.65 bits per heavy atom. The Kier molecular flexibility index (Phi) is 5.97. The molecule has 0 aliphatic rings. The third-order valence-electron chi connectivity index (χ3n) is 4.15. The van der Waals surface area contributed by atoms with E-state index in [0.717, 1.165) is 11.1 Å². The molecule has 2 aromatic carbocycles. The third kappa shape index (κ3) is 4.81. The lowest BCUT2D eigenvalue weighted by atomic mass is 9.83. The molecule has 0 radical (unpaired) electrons. The summed E-state index contributed by atoms with van der Waals surface area (Å²) < 4.78 is 18.2. The first kappa shape index (κ1) is 19.4. The third-order valence-corrected chi connectivity index (χ3v) is 4.15. The number of carbonyl (C=O) groups is 2. The lowest BCUT2D eigenvalue weighted by Gasteiger charge is -2.30. The van der Waals surface area contributed by atoms with Gasteiger partial charge in [-0.15, -0.1) is 0 Å². The summed E-state index contributed by atoms with van der Waals surface area (Å²) in [5, 5.41) is 8.60. The Hall–Kier alpha value is -2.89. The molecule has 26 heavy (non-hydrogen) atoms. The molecule has 0 spiro atoms. The lowest BCUT2D eigenvalue weighted by Crippen LogP contribution is -2.41. The monoisotopic (exact) mass is 359 g/mol. The molecular weight excluding hydrogens is 337 g/mol. The van der Waals surface area contributed by atoms with Crippen molar-refractivity contribution in [2.45, 2.75) is 25.8 Å². The van der Waals surface area contributed by atoms with Crippen LogP contribution in [0.3, 0.4) is 0 Å². The molecule has 0 saturated heterocycles. The number of benzene rings is 2. The van der Waals surface area contributed by atoms with Crippen LogP contribution in [0.2, 0.25) is 0 Å². The Balaban J connectivity index is 2.03. The van der Waals surface area contributed by atoms with Crippen molar-refractivity contribution in [2.24, 2.45) is 0 Å². The van der Waals surface area contributed by atoms with Crippen LogP contribution in [0.1, 0.15) is 25.0 Å². The quantitative estimate of drug-likeness (QED) is 0.824. The smallest absolute Gasteiger partial charge is 0.341 e. The van der Waals surface area contributed by atoms with Crippen molar-refractivity contribution in [3.63, 3.8) is 0 Å². The molecule has 138 valence electrons. The fourth-order valence-corrected chi connectivity index (χ4v) is 2.65. The molecule has 0 saturated carbocycles. The second-order valence-corrected chi connectivity index (χ2v) is 6.62. The van der Waals surface area contributed by atoms with Crippen LogP contribution in [0.15, 0.2) is 48.5 Å². The van der Waals surface area contributed by atoms with Crippen LogP contribution >= 0.6 is 0 Å². The van der Waals surface area contributed by atoms with E-state index in [1.165, 1.54) is 12.1 Å². The van der Waals surface area contributed by atoms with Crippen molar-refractivity contribution in [3.8, 4) is 5.75 Å². The van der Waals surface area contributed by atoms with Crippen LogP contribution in [0.4, 0.5) is 4.39 Å². The topological polar surface area (TPSA) is 66.8 Å². The predicted octanol–water partition coefficient (Wildman–Crippen LogP) is 3.23. The Morgan fingerprint density at radius 1 is 1.08 bits per heavy atom. The average Bonchev–Trinajstić information content (AvgIpc) is 2.60. The molecule has 0 aromatic heterocycles. The summed E-state index contributed by atoms with van der Waals surface area (Å²) in [5.41, 5.74) is 0.846. The molecule has 1 amide bonds. The summed E-state index contributed by atoms with van der Waals surface area (Å²) in [4.78, 5) is 24.9. The van der Waals surface area contributed by atoms with Gasteiger partial charge in [-0.25, -0.2) is 9.18 Å². The van der Waals surface area contributed by atoms with E-state index in [0.29, 0.717) is 12.3 Å². The van der Waals surface area contributed by atoms with E-state index in [-0.39, 0.29) is 11.7 Å². The van der Waals surface area contributed by atoms with Crippen molar-refractivity contribution in [3.05, 3.63) is 65.5 Å². The summed E-state index contributed by atoms with van der Waals surface area (Å²) in [6.07, 6.45) is 0. The van der Waals surface area contributed by atoms with Gasteiger partial charge in [0.2, 0.25) is 5.91 Å². The van der Waals surface area contributed by atoms with E-state index in [1.807, 2.05) is 13.8 Å². The standard InChI is InChI=1S/C20H22FNO4/c1-20(2,15-6-8-16(21)9-7-15)19(25)22(3)12-14-4-10-17(11-5-14)26-13-18(23)24/h4-11H,12-13H2,1-3H3,(H,23,24). The molecule has 0 fully saturated rings. The van der Waals surface area contributed by atoms with Gasteiger partial charge in [0.15, 0.2) is 6.61 Å². The van der Waals surface area contributed by atoms with Crippen molar-refractivity contribution in [1.29, 1.82) is 0 Å². The number of carboxylic acid groups (broad SMARTS) is 1. The average molecular weight is 359 g/mol. The summed E-state index contributed by atoms with van der Waals surface area (Å²) in [6, 6.07) is 12.8. The molecule has 0 aliphatic carbocycles. The van der Waals surface area contributed by atoms with Crippen molar-refractivity contribution < 1.29 is 23.8 Å². The number of rotatable bonds is 7. The Bertz CT molecular complexity index is 769. The first-order valence-corrected chi connectivity index (χ1v) is 8.15. The highest BCUT2D eigenvalue weighted by atomic mass is 19.1. The normalized spacial score (nSPS) is 11.1. The van der Waals surface area contributed by atoms with E-state index >= 15 is 0 Å².